The van der Waals surface area contributed by atoms with E-state index in [9.17, 15) is 0 Å². The summed E-state index contributed by atoms with van der Waals surface area (Å²) in [6.07, 6.45) is 3.95. The second kappa shape index (κ2) is 17.8. The van der Waals surface area contributed by atoms with E-state index in [2.05, 4.69) is 57.8 Å². The van der Waals surface area contributed by atoms with Crippen molar-refractivity contribution in [3.63, 3.8) is 0 Å². The van der Waals surface area contributed by atoms with Crippen LogP contribution in [0.15, 0.2) is 61.7 Å². The van der Waals surface area contributed by atoms with Crippen LogP contribution in [-0.4, -0.2) is 0 Å². The van der Waals surface area contributed by atoms with E-state index in [4.69, 9.17) is 0 Å². The van der Waals surface area contributed by atoms with Crippen LogP contribution in [0.25, 0.3) is 0 Å². The monoisotopic (exact) mass is 246 g/mol. The quantitative estimate of drug-likeness (QED) is 0.404. The first-order valence-corrected chi connectivity index (χ1v) is 6.38. The minimum absolute atomic E-state index is 1.11. The van der Waals surface area contributed by atoms with E-state index in [-0.39, 0.29) is 0 Å². The summed E-state index contributed by atoms with van der Waals surface area (Å²) in [5.74, 6) is 0. The Balaban J connectivity index is -0.000000201. The van der Waals surface area contributed by atoms with Gasteiger partial charge in [0.25, 0.3) is 0 Å². The highest BCUT2D eigenvalue weighted by Crippen LogP contribution is 2.02. The van der Waals surface area contributed by atoms with Crippen LogP contribution in [0.2, 0.25) is 0 Å². The summed E-state index contributed by atoms with van der Waals surface area (Å²) in [5.41, 5.74) is 3.84. The predicted octanol–water partition coefficient (Wildman–Crippen LogP) is 6.27. The lowest BCUT2D eigenvalue weighted by molar-refractivity contribution is 1.34. The SMILES string of the molecule is C=C.C=C(C)/C=C\C.CC.Cc1ccccc1C. The van der Waals surface area contributed by atoms with Crippen molar-refractivity contribution in [2.75, 3.05) is 0 Å². The van der Waals surface area contributed by atoms with Gasteiger partial charge < -0.3 is 0 Å². The average molecular weight is 246 g/mol. The molecule has 0 aliphatic heterocycles. The Bertz CT molecular complexity index is 298. The topological polar surface area (TPSA) is 0 Å². The third-order valence-corrected chi connectivity index (χ3v) is 1.88. The molecule has 0 heterocycles. The number of hydrogen-bond donors (Lipinski definition) is 0. The summed E-state index contributed by atoms with van der Waals surface area (Å²) >= 11 is 0. The fourth-order valence-electron chi connectivity index (χ4n) is 0.947. The van der Waals surface area contributed by atoms with Crippen LogP contribution in [0.3, 0.4) is 0 Å². The molecule has 0 saturated heterocycles. The van der Waals surface area contributed by atoms with Crippen molar-refractivity contribution in [2.45, 2.75) is 41.5 Å². The van der Waals surface area contributed by atoms with E-state index in [1.807, 2.05) is 39.8 Å². The Morgan fingerprint density at radius 1 is 1.00 bits per heavy atom. The molecule has 0 unspecified atom stereocenters. The molecule has 0 N–H and O–H groups in total. The van der Waals surface area contributed by atoms with Gasteiger partial charge in [-0.25, -0.2) is 0 Å². The fourth-order valence-corrected chi connectivity index (χ4v) is 0.947. The molecule has 102 valence electrons. The van der Waals surface area contributed by atoms with Gasteiger partial charge in [-0.3, -0.25) is 0 Å². The lowest BCUT2D eigenvalue weighted by atomic mass is 10.1. The van der Waals surface area contributed by atoms with Gasteiger partial charge in [-0.2, -0.15) is 0 Å². The molecule has 1 rings (SSSR count). The maximum atomic E-state index is 3.66. The van der Waals surface area contributed by atoms with Gasteiger partial charge in [0.2, 0.25) is 0 Å². The summed E-state index contributed by atoms with van der Waals surface area (Å²) in [6, 6.07) is 8.36. The molecule has 1 aromatic rings. The smallest absolute Gasteiger partial charge is 0.0395 e. The van der Waals surface area contributed by atoms with Crippen LogP contribution in [0.5, 0.6) is 0 Å². The Morgan fingerprint density at radius 3 is 1.44 bits per heavy atom. The second-order valence-corrected chi connectivity index (χ2v) is 3.43. The number of rotatable bonds is 1. The van der Waals surface area contributed by atoms with Crippen molar-refractivity contribution in [3.05, 3.63) is 72.9 Å². The molecule has 0 atom stereocenters. The van der Waals surface area contributed by atoms with Gasteiger partial charge in [0.1, 0.15) is 0 Å². The molecular formula is C18H30. The van der Waals surface area contributed by atoms with Gasteiger partial charge in [-0.15, -0.1) is 13.2 Å². The molecule has 0 saturated carbocycles. The maximum absolute atomic E-state index is 3.66. The summed E-state index contributed by atoms with van der Waals surface area (Å²) in [6.45, 7) is 21.9. The van der Waals surface area contributed by atoms with E-state index in [1.54, 1.807) is 0 Å². The summed E-state index contributed by atoms with van der Waals surface area (Å²) < 4.78 is 0. The molecule has 0 amide bonds. The van der Waals surface area contributed by atoms with Crippen LogP contribution in [-0.2, 0) is 0 Å². The molecule has 1 aromatic carbocycles. The van der Waals surface area contributed by atoms with Crippen LogP contribution in [0.4, 0.5) is 0 Å². The van der Waals surface area contributed by atoms with Gasteiger partial charge in [-0.05, 0) is 38.8 Å². The van der Waals surface area contributed by atoms with Crippen molar-refractivity contribution in [2.24, 2.45) is 0 Å². The molecule has 0 spiro atoms. The van der Waals surface area contributed by atoms with Crippen LogP contribution in [0.1, 0.15) is 38.8 Å². The Kier molecular flexibility index (Phi) is 21.5. The average Bonchev–Trinajstić information content (AvgIpc) is 2.38. The molecule has 0 bridgehead atoms. The van der Waals surface area contributed by atoms with Gasteiger partial charge in [0, 0.05) is 0 Å². The zero-order valence-electron chi connectivity index (χ0n) is 13.1. The normalized spacial score (nSPS) is 7.89. The van der Waals surface area contributed by atoms with E-state index in [0.29, 0.717) is 0 Å². The number of allylic oxidation sites excluding steroid dienone is 3. The molecule has 0 heteroatoms. The summed E-state index contributed by atoms with van der Waals surface area (Å²) in [4.78, 5) is 0. The second-order valence-electron chi connectivity index (χ2n) is 3.43. The fraction of sp³-hybridized carbons (Fsp3) is 0.333. The highest BCUT2D eigenvalue weighted by molar-refractivity contribution is 5.23. The number of hydrogen-bond acceptors (Lipinski definition) is 0. The third kappa shape index (κ3) is 16.9. The lowest BCUT2D eigenvalue weighted by Crippen LogP contribution is -1.74. The summed E-state index contributed by atoms with van der Waals surface area (Å²) in [5, 5.41) is 0. The van der Waals surface area contributed by atoms with Crippen LogP contribution < -0.4 is 0 Å². The van der Waals surface area contributed by atoms with E-state index < -0.39 is 0 Å². The lowest BCUT2D eigenvalue weighted by Gasteiger charge is -1.93. The number of benzene rings is 1. The Hall–Kier alpha value is -1.56. The zero-order chi connectivity index (χ0) is 15.0. The highest BCUT2D eigenvalue weighted by Gasteiger charge is 1.83. The first-order chi connectivity index (χ1) is 8.57. The minimum atomic E-state index is 1.11. The zero-order valence-corrected chi connectivity index (χ0v) is 13.1. The molecular weight excluding hydrogens is 216 g/mol. The molecule has 18 heavy (non-hydrogen) atoms. The van der Waals surface area contributed by atoms with Gasteiger partial charge in [0.05, 0.1) is 0 Å². The molecule has 0 aliphatic carbocycles. The Morgan fingerprint density at radius 2 is 1.33 bits per heavy atom. The first kappa shape index (κ1) is 21.7. The van der Waals surface area contributed by atoms with Gasteiger partial charge in [0.15, 0.2) is 0 Å². The van der Waals surface area contributed by atoms with Crippen molar-refractivity contribution in [1.29, 1.82) is 0 Å². The largest absolute Gasteiger partial charge is 0.106 e. The minimum Gasteiger partial charge on any atom is -0.106 e. The highest BCUT2D eigenvalue weighted by atomic mass is 13.9. The van der Waals surface area contributed by atoms with Crippen molar-refractivity contribution >= 4 is 0 Å². The molecule has 0 fully saturated rings. The predicted molar refractivity (Wildman–Crippen MR) is 88.1 cm³/mol. The first-order valence-electron chi connectivity index (χ1n) is 6.38. The standard InChI is InChI=1S/C8H10.C6H10.C2H6.C2H4/c1-7-5-3-4-6-8(7)2;1-4-5-6(2)3;2*1-2/h3-6H,1-2H3;4-5H,2H2,1,3H3;1-2H3;1-2H2/b;5-4-;;. The van der Waals surface area contributed by atoms with Gasteiger partial charge in [-0.1, -0.05) is 62.4 Å². The van der Waals surface area contributed by atoms with E-state index in [1.165, 1.54) is 11.1 Å². The van der Waals surface area contributed by atoms with Crippen LogP contribution in [0, 0.1) is 13.8 Å². The van der Waals surface area contributed by atoms with Crippen molar-refractivity contribution < 1.29 is 0 Å². The molecule has 0 aromatic heterocycles. The maximum Gasteiger partial charge on any atom is -0.0395 e. The Labute approximate surface area is 115 Å². The van der Waals surface area contributed by atoms with Crippen molar-refractivity contribution in [1.82, 2.24) is 0 Å². The van der Waals surface area contributed by atoms with Crippen LogP contribution >= 0.6 is 0 Å². The molecule has 0 aliphatic rings. The van der Waals surface area contributed by atoms with E-state index >= 15 is 0 Å². The van der Waals surface area contributed by atoms with Gasteiger partial charge >= 0.3 is 0 Å². The summed E-state index contributed by atoms with van der Waals surface area (Å²) in [7, 11) is 0. The molecule has 0 nitrogen and oxygen atoms in total. The molecule has 0 radical (unpaired) electrons. The van der Waals surface area contributed by atoms with Crippen molar-refractivity contribution in [3.8, 4) is 0 Å². The third-order valence-electron chi connectivity index (χ3n) is 1.88. The van der Waals surface area contributed by atoms with E-state index in [0.717, 1.165) is 5.57 Å². The number of aryl methyl sites for hydroxylation is 2.